The van der Waals surface area contributed by atoms with Gasteiger partial charge in [-0.1, -0.05) is 18.2 Å². The standard InChI is InChI=1S/C16H24N4/c1-18-6-8-20(9-7-18)12-14-11-19(2)16-13(10-17)4-3-5-15(14)16/h3-5,11H,6-10,12,17H2,1-2H3. The first-order valence-electron chi connectivity index (χ1n) is 7.36. The molecule has 20 heavy (non-hydrogen) atoms. The van der Waals surface area contributed by atoms with Crippen molar-refractivity contribution in [3.05, 3.63) is 35.5 Å². The van der Waals surface area contributed by atoms with Gasteiger partial charge >= 0.3 is 0 Å². The maximum absolute atomic E-state index is 5.86. The highest BCUT2D eigenvalue weighted by Crippen LogP contribution is 2.25. The number of fused-ring (bicyclic) bond motifs is 1. The van der Waals surface area contributed by atoms with Crippen molar-refractivity contribution < 1.29 is 0 Å². The number of aryl methyl sites for hydroxylation is 1. The first-order valence-corrected chi connectivity index (χ1v) is 7.36. The molecule has 108 valence electrons. The fourth-order valence-corrected chi connectivity index (χ4v) is 3.17. The molecule has 2 heterocycles. The average Bonchev–Trinajstić information content (AvgIpc) is 2.78. The van der Waals surface area contributed by atoms with Gasteiger partial charge in [0.2, 0.25) is 0 Å². The van der Waals surface area contributed by atoms with Gasteiger partial charge in [-0.05, 0) is 18.2 Å². The van der Waals surface area contributed by atoms with Crippen LogP contribution in [-0.2, 0) is 20.1 Å². The normalized spacial score (nSPS) is 17.9. The Bertz CT molecular complexity index is 594. The van der Waals surface area contributed by atoms with Gasteiger partial charge in [-0.2, -0.15) is 0 Å². The van der Waals surface area contributed by atoms with Crippen molar-refractivity contribution in [1.29, 1.82) is 0 Å². The number of nitrogens with two attached hydrogens (primary N) is 1. The van der Waals surface area contributed by atoms with Crippen LogP contribution in [-0.4, -0.2) is 47.6 Å². The van der Waals surface area contributed by atoms with Crippen molar-refractivity contribution in [2.24, 2.45) is 12.8 Å². The molecule has 0 unspecified atom stereocenters. The monoisotopic (exact) mass is 272 g/mol. The summed E-state index contributed by atoms with van der Waals surface area (Å²) in [6.07, 6.45) is 2.27. The number of hydrogen-bond donors (Lipinski definition) is 1. The van der Waals surface area contributed by atoms with Crippen LogP contribution in [0.15, 0.2) is 24.4 Å². The van der Waals surface area contributed by atoms with Crippen LogP contribution in [0.4, 0.5) is 0 Å². The molecule has 4 heteroatoms. The minimum atomic E-state index is 0.600. The van der Waals surface area contributed by atoms with E-state index in [2.05, 4.69) is 52.9 Å². The molecule has 2 aromatic rings. The Labute approximate surface area is 120 Å². The summed E-state index contributed by atoms with van der Waals surface area (Å²) in [7, 11) is 4.32. The Hall–Kier alpha value is -1.36. The molecule has 0 bridgehead atoms. The Balaban J connectivity index is 1.89. The molecule has 1 aromatic carbocycles. The van der Waals surface area contributed by atoms with E-state index in [0.717, 1.165) is 19.6 Å². The van der Waals surface area contributed by atoms with E-state index in [4.69, 9.17) is 5.73 Å². The summed E-state index contributed by atoms with van der Waals surface area (Å²) in [6, 6.07) is 6.47. The summed E-state index contributed by atoms with van der Waals surface area (Å²) >= 11 is 0. The molecular weight excluding hydrogens is 248 g/mol. The number of rotatable bonds is 3. The van der Waals surface area contributed by atoms with E-state index >= 15 is 0 Å². The van der Waals surface area contributed by atoms with Crippen LogP contribution in [0.25, 0.3) is 10.9 Å². The number of nitrogens with zero attached hydrogens (tertiary/aromatic N) is 3. The first kappa shape index (κ1) is 13.6. The highest BCUT2D eigenvalue weighted by molar-refractivity contribution is 5.86. The maximum Gasteiger partial charge on any atom is 0.0526 e. The topological polar surface area (TPSA) is 37.4 Å². The number of hydrogen-bond acceptors (Lipinski definition) is 3. The summed E-state index contributed by atoms with van der Waals surface area (Å²) in [5, 5.41) is 1.36. The molecule has 0 aliphatic carbocycles. The fourth-order valence-electron chi connectivity index (χ4n) is 3.17. The fraction of sp³-hybridized carbons (Fsp3) is 0.500. The van der Waals surface area contributed by atoms with E-state index in [-0.39, 0.29) is 0 Å². The van der Waals surface area contributed by atoms with Crippen molar-refractivity contribution in [2.45, 2.75) is 13.1 Å². The van der Waals surface area contributed by atoms with Gasteiger partial charge in [0.25, 0.3) is 0 Å². The average molecular weight is 272 g/mol. The lowest BCUT2D eigenvalue weighted by molar-refractivity contribution is 0.148. The van der Waals surface area contributed by atoms with Crippen LogP contribution in [0.3, 0.4) is 0 Å². The second kappa shape index (κ2) is 5.56. The zero-order valence-corrected chi connectivity index (χ0v) is 12.5. The van der Waals surface area contributed by atoms with Gasteiger partial charge in [-0.15, -0.1) is 0 Å². The summed E-state index contributed by atoms with van der Waals surface area (Å²) < 4.78 is 2.23. The van der Waals surface area contributed by atoms with Crippen LogP contribution in [0.1, 0.15) is 11.1 Å². The van der Waals surface area contributed by atoms with Crippen molar-refractivity contribution in [3.8, 4) is 0 Å². The van der Waals surface area contributed by atoms with E-state index < -0.39 is 0 Å². The highest BCUT2D eigenvalue weighted by Gasteiger charge is 2.16. The Morgan fingerprint density at radius 2 is 1.80 bits per heavy atom. The summed E-state index contributed by atoms with van der Waals surface area (Å²) in [6.45, 7) is 6.28. The minimum absolute atomic E-state index is 0.600. The number of aromatic nitrogens is 1. The largest absolute Gasteiger partial charge is 0.350 e. The second-order valence-electron chi connectivity index (χ2n) is 5.86. The third-order valence-corrected chi connectivity index (χ3v) is 4.38. The molecule has 2 N–H and O–H groups in total. The summed E-state index contributed by atoms with van der Waals surface area (Å²) in [5.74, 6) is 0. The first-order chi connectivity index (χ1) is 9.69. The van der Waals surface area contributed by atoms with Gasteiger partial charge < -0.3 is 15.2 Å². The molecule has 4 nitrogen and oxygen atoms in total. The van der Waals surface area contributed by atoms with Gasteiger partial charge in [0.05, 0.1) is 5.52 Å². The SMILES string of the molecule is CN1CCN(Cc2cn(C)c3c(CN)cccc23)CC1. The zero-order chi connectivity index (χ0) is 14.1. The van der Waals surface area contributed by atoms with Crippen LogP contribution in [0, 0.1) is 0 Å². The Morgan fingerprint density at radius 1 is 1.05 bits per heavy atom. The van der Waals surface area contributed by atoms with Gasteiger partial charge in [0, 0.05) is 57.9 Å². The van der Waals surface area contributed by atoms with Crippen molar-refractivity contribution >= 4 is 10.9 Å². The molecule has 3 rings (SSSR count). The predicted molar refractivity (Wildman–Crippen MR) is 83.6 cm³/mol. The smallest absolute Gasteiger partial charge is 0.0526 e. The van der Waals surface area contributed by atoms with Gasteiger partial charge in [0.15, 0.2) is 0 Å². The van der Waals surface area contributed by atoms with Crippen molar-refractivity contribution in [3.63, 3.8) is 0 Å². The molecule has 1 aromatic heterocycles. The van der Waals surface area contributed by atoms with Crippen molar-refractivity contribution in [1.82, 2.24) is 14.4 Å². The molecule has 0 spiro atoms. The zero-order valence-electron chi connectivity index (χ0n) is 12.5. The van der Waals surface area contributed by atoms with E-state index in [0.29, 0.717) is 6.54 Å². The van der Waals surface area contributed by atoms with Crippen molar-refractivity contribution in [2.75, 3.05) is 33.2 Å². The number of para-hydroxylation sites is 1. The van der Waals surface area contributed by atoms with Crippen LogP contribution >= 0.6 is 0 Å². The van der Waals surface area contributed by atoms with Gasteiger partial charge in [-0.3, -0.25) is 4.90 Å². The van der Waals surface area contributed by atoms with Crippen LogP contribution in [0.2, 0.25) is 0 Å². The number of likely N-dealkylation sites (N-methyl/N-ethyl adjacent to an activating group) is 1. The maximum atomic E-state index is 5.86. The van der Waals surface area contributed by atoms with Gasteiger partial charge in [-0.25, -0.2) is 0 Å². The van der Waals surface area contributed by atoms with E-state index in [9.17, 15) is 0 Å². The lowest BCUT2D eigenvalue weighted by atomic mass is 10.1. The predicted octanol–water partition coefficient (Wildman–Crippen LogP) is 1.38. The summed E-state index contributed by atoms with van der Waals surface area (Å²) in [4.78, 5) is 4.94. The van der Waals surface area contributed by atoms with E-state index in [1.165, 1.54) is 35.1 Å². The minimum Gasteiger partial charge on any atom is -0.350 e. The molecular formula is C16H24N4. The van der Waals surface area contributed by atoms with Crippen LogP contribution < -0.4 is 5.73 Å². The van der Waals surface area contributed by atoms with Gasteiger partial charge in [0.1, 0.15) is 0 Å². The van der Waals surface area contributed by atoms with E-state index in [1.54, 1.807) is 0 Å². The number of benzene rings is 1. The molecule has 0 radical (unpaired) electrons. The molecule has 0 amide bonds. The lowest BCUT2D eigenvalue weighted by Crippen LogP contribution is -2.43. The summed E-state index contributed by atoms with van der Waals surface area (Å²) in [5.41, 5.74) is 9.81. The molecule has 1 fully saturated rings. The lowest BCUT2D eigenvalue weighted by Gasteiger charge is -2.32. The third kappa shape index (κ3) is 2.46. The molecule has 1 saturated heterocycles. The highest BCUT2D eigenvalue weighted by atomic mass is 15.2. The Morgan fingerprint density at radius 3 is 2.50 bits per heavy atom. The third-order valence-electron chi connectivity index (χ3n) is 4.38. The Kier molecular flexibility index (Phi) is 3.78. The van der Waals surface area contributed by atoms with Crippen LogP contribution in [0.5, 0.6) is 0 Å². The number of piperazine rings is 1. The van der Waals surface area contributed by atoms with E-state index in [1.807, 2.05) is 0 Å². The molecule has 1 aliphatic rings. The molecule has 1 aliphatic heterocycles. The quantitative estimate of drug-likeness (QED) is 0.917. The second-order valence-corrected chi connectivity index (χ2v) is 5.86. The molecule has 0 saturated carbocycles. The molecule has 0 atom stereocenters.